The normalized spacial score (nSPS) is 10.5. The SMILES string of the molecule is CC(=O)NCCc1ccc(C(=O)CSc2cc(F)ccc2F)cc1. The Labute approximate surface area is 143 Å². The van der Waals surface area contributed by atoms with Gasteiger partial charge < -0.3 is 5.32 Å². The van der Waals surface area contributed by atoms with Crippen LogP contribution < -0.4 is 5.32 Å². The summed E-state index contributed by atoms with van der Waals surface area (Å²) in [5.41, 5.74) is 1.52. The van der Waals surface area contributed by atoms with Crippen LogP contribution in [-0.2, 0) is 11.2 Å². The van der Waals surface area contributed by atoms with Crippen LogP contribution in [0.4, 0.5) is 8.78 Å². The zero-order valence-corrected chi connectivity index (χ0v) is 14.0. The van der Waals surface area contributed by atoms with E-state index in [-0.39, 0.29) is 22.3 Å². The van der Waals surface area contributed by atoms with Gasteiger partial charge in [-0.2, -0.15) is 0 Å². The molecule has 0 radical (unpaired) electrons. The highest BCUT2D eigenvalue weighted by atomic mass is 32.2. The van der Waals surface area contributed by atoms with Crippen molar-refractivity contribution in [1.82, 2.24) is 5.32 Å². The fourth-order valence-electron chi connectivity index (χ4n) is 2.05. The molecule has 0 heterocycles. The van der Waals surface area contributed by atoms with Gasteiger partial charge >= 0.3 is 0 Å². The third-order valence-electron chi connectivity index (χ3n) is 3.32. The van der Waals surface area contributed by atoms with E-state index in [0.717, 1.165) is 35.5 Å². The first-order valence-corrected chi connectivity index (χ1v) is 8.38. The summed E-state index contributed by atoms with van der Waals surface area (Å²) in [6.45, 7) is 2.00. The molecule has 0 aliphatic rings. The molecule has 24 heavy (non-hydrogen) atoms. The first-order valence-electron chi connectivity index (χ1n) is 7.40. The summed E-state index contributed by atoms with van der Waals surface area (Å²) in [4.78, 5) is 23.1. The highest BCUT2D eigenvalue weighted by Gasteiger charge is 2.10. The summed E-state index contributed by atoms with van der Waals surface area (Å²) < 4.78 is 26.6. The number of carbonyl (C=O) groups is 2. The van der Waals surface area contributed by atoms with E-state index in [2.05, 4.69) is 5.32 Å². The number of carbonyl (C=O) groups excluding carboxylic acids is 2. The zero-order valence-electron chi connectivity index (χ0n) is 13.1. The lowest BCUT2D eigenvalue weighted by Crippen LogP contribution is -2.22. The predicted octanol–water partition coefficient (Wildman–Crippen LogP) is 3.62. The third kappa shape index (κ3) is 5.45. The number of ketones is 1. The summed E-state index contributed by atoms with van der Waals surface area (Å²) in [5, 5.41) is 2.70. The molecule has 0 saturated heterocycles. The van der Waals surface area contributed by atoms with E-state index >= 15 is 0 Å². The van der Waals surface area contributed by atoms with Crippen LogP contribution in [0.5, 0.6) is 0 Å². The van der Waals surface area contributed by atoms with Crippen LogP contribution in [0.2, 0.25) is 0 Å². The van der Waals surface area contributed by atoms with E-state index in [1.165, 1.54) is 6.92 Å². The largest absolute Gasteiger partial charge is 0.356 e. The van der Waals surface area contributed by atoms with Crippen LogP contribution in [0.1, 0.15) is 22.8 Å². The van der Waals surface area contributed by atoms with Crippen LogP contribution in [0, 0.1) is 11.6 Å². The van der Waals surface area contributed by atoms with Gasteiger partial charge in [0.05, 0.1) is 5.75 Å². The molecule has 0 bridgehead atoms. The second-order valence-electron chi connectivity index (χ2n) is 5.22. The Morgan fingerprint density at radius 1 is 1.08 bits per heavy atom. The Bertz CT molecular complexity index is 732. The highest BCUT2D eigenvalue weighted by molar-refractivity contribution is 8.00. The van der Waals surface area contributed by atoms with Gasteiger partial charge in [0.1, 0.15) is 11.6 Å². The molecule has 0 spiro atoms. The minimum absolute atomic E-state index is 0.0333. The van der Waals surface area contributed by atoms with Crippen molar-refractivity contribution < 1.29 is 18.4 Å². The Balaban J connectivity index is 1.90. The van der Waals surface area contributed by atoms with E-state index in [0.29, 0.717) is 18.5 Å². The molecule has 3 nitrogen and oxygen atoms in total. The molecule has 0 fully saturated rings. The van der Waals surface area contributed by atoms with Crippen LogP contribution in [0.3, 0.4) is 0 Å². The molecule has 0 unspecified atom stereocenters. The van der Waals surface area contributed by atoms with Crippen LogP contribution >= 0.6 is 11.8 Å². The number of thioether (sulfide) groups is 1. The van der Waals surface area contributed by atoms with Gasteiger partial charge in [-0.1, -0.05) is 24.3 Å². The Hall–Kier alpha value is -2.21. The van der Waals surface area contributed by atoms with Gasteiger partial charge in [0, 0.05) is 23.9 Å². The molecular weight excluding hydrogens is 332 g/mol. The summed E-state index contributed by atoms with van der Waals surface area (Å²) in [7, 11) is 0. The van der Waals surface area contributed by atoms with Crippen molar-refractivity contribution in [3.8, 4) is 0 Å². The van der Waals surface area contributed by atoms with Gasteiger partial charge in [-0.15, -0.1) is 11.8 Å². The number of nitrogens with one attached hydrogen (secondary N) is 1. The smallest absolute Gasteiger partial charge is 0.216 e. The molecule has 2 rings (SSSR count). The van der Waals surface area contributed by atoms with Crippen molar-refractivity contribution in [3.63, 3.8) is 0 Å². The molecule has 0 aliphatic carbocycles. The average Bonchev–Trinajstić information content (AvgIpc) is 2.55. The first kappa shape index (κ1) is 18.1. The van der Waals surface area contributed by atoms with Crippen molar-refractivity contribution in [2.45, 2.75) is 18.2 Å². The molecule has 0 aliphatic heterocycles. The fraction of sp³-hybridized carbons (Fsp3) is 0.222. The lowest BCUT2D eigenvalue weighted by Gasteiger charge is -2.05. The third-order valence-corrected chi connectivity index (χ3v) is 4.35. The molecular formula is C18H17F2NO2S. The van der Waals surface area contributed by atoms with Gasteiger partial charge in [-0.3, -0.25) is 9.59 Å². The van der Waals surface area contributed by atoms with Gasteiger partial charge in [0.15, 0.2) is 5.78 Å². The van der Waals surface area contributed by atoms with Gasteiger partial charge in [-0.05, 0) is 30.2 Å². The van der Waals surface area contributed by atoms with E-state index in [1.807, 2.05) is 12.1 Å². The number of rotatable bonds is 7. The number of benzene rings is 2. The van der Waals surface area contributed by atoms with Crippen molar-refractivity contribution in [1.29, 1.82) is 0 Å². The minimum atomic E-state index is -0.539. The molecule has 126 valence electrons. The quantitative estimate of drug-likeness (QED) is 0.613. The topological polar surface area (TPSA) is 46.2 Å². The lowest BCUT2D eigenvalue weighted by atomic mass is 10.1. The number of hydrogen-bond donors (Lipinski definition) is 1. The monoisotopic (exact) mass is 349 g/mol. The van der Waals surface area contributed by atoms with Crippen molar-refractivity contribution >= 4 is 23.5 Å². The summed E-state index contributed by atoms with van der Waals surface area (Å²) in [6.07, 6.45) is 0.678. The van der Waals surface area contributed by atoms with Crippen molar-refractivity contribution in [3.05, 3.63) is 65.2 Å². The summed E-state index contributed by atoms with van der Waals surface area (Å²) in [5.74, 6) is -1.27. The molecule has 1 amide bonds. The van der Waals surface area contributed by atoms with Crippen molar-refractivity contribution in [2.75, 3.05) is 12.3 Å². The predicted molar refractivity (Wildman–Crippen MR) is 90.2 cm³/mol. The summed E-state index contributed by atoms with van der Waals surface area (Å²) in [6, 6.07) is 10.2. The maximum Gasteiger partial charge on any atom is 0.216 e. The Morgan fingerprint density at radius 2 is 1.79 bits per heavy atom. The number of hydrogen-bond acceptors (Lipinski definition) is 3. The molecule has 2 aromatic carbocycles. The lowest BCUT2D eigenvalue weighted by molar-refractivity contribution is -0.118. The maximum atomic E-state index is 13.5. The number of halogens is 2. The molecule has 6 heteroatoms. The maximum absolute atomic E-state index is 13.5. The molecule has 0 atom stereocenters. The van der Waals surface area contributed by atoms with Crippen molar-refractivity contribution in [2.24, 2.45) is 0 Å². The van der Waals surface area contributed by atoms with Crippen LogP contribution in [-0.4, -0.2) is 24.0 Å². The number of Topliss-reactive ketones (excluding diaryl/α,β-unsaturated/α-hetero) is 1. The van der Waals surface area contributed by atoms with Crippen LogP contribution in [0.15, 0.2) is 47.4 Å². The molecule has 1 N–H and O–H groups in total. The average molecular weight is 349 g/mol. The highest BCUT2D eigenvalue weighted by Crippen LogP contribution is 2.23. The fourth-order valence-corrected chi connectivity index (χ4v) is 2.91. The molecule has 0 saturated carbocycles. The molecule has 0 aromatic heterocycles. The zero-order chi connectivity index (χ0) is 17.5. The van der Waals surface area contributed by atoms with E-state index in [4.69, 9.17) is 0 Å². The second kappa shape index (κ2) is 8.59. The Kier molecular flexibility index (Phi) is 6.49. The van der Waals surface area contributed by atoms with E-state index < -0.39 is 11.6 Å². The van der Waals surface area contributed by atoms with Gasteiger partial charge in [0.25, 0.3) is 0 Å². The Morgan fingerprint density at radius 3 is 2.46 bits per heavy atom. The molecule has 2 aromatic rings. The summed E-state index contributed by atoms with van der Waals surface area (Å²) >= 11 is 0.973. The minimum Gasteiger partial charge on any atom is -0.356 e. The van der Waals surface area contributed by atoms with Gasteiger partial charge in [0.2, 0.25) is 5.91 Å². The van der Waals surface area contributed by atoms with Crippen LogP contribution in [0.25, 0.3) is 0 Å². The van der Waals surface area contributed by atoms with E-state index in [9.17, 15) is 18.4 Å². The number of amides is 1. The van der Waals surface area contributed by atoms with E-state index in [1.54, 1.807) is 12.1 Å². The standard InChI is InChI=1S/C18H17F2NO2S/c1-12(22)21-9-8-13-2-4-14(5-3-13)17(23)11-24-18-10-15(19)6-7-16(18)20/h2-7,10H,8-9,11H2,1H3,(H,21,22). The second-order valence-corrected chi connectivity index (χ2v) is 6.23. The van der Waals surface area contributed by atoms with Gasteiger partial charge in [-0.25, -0.2) is 8.78 Å². The first-order chi connectivity index (χ1) is 11.5.